The minimum Gasteiger partial charge on any atom is -0.493 e. The number of ether oxygens (including phenoxy) is 2. The molecule has 2 heterocycles. The van der Waals surface area contributed by atoms with Crippen LogP contribution in [0.1, 0.15) is 32.0 Å². The zero-order chi connectivity index (χ0) is 22.8. The summed E-state index contributed by atoms with van der Waals surface area (Å²) >= 11 is 1.33. The van der Waals surface area contributed by atoms with E-state index in [1.54, 1.807) is 16.7 Å². The van der Waals surface area contributed by atoms with Gasteiger partial charge in [-0.1, -0.05) is 30.8 Å². The third-order valence-electron chi connectivity index (χ3n) is 5.31. The summed E-state index contributed by atoms with van der Waals surface area (Å²) in [4.78, 5) is 30.9. The van der Waals surface area contributed by atoms with E-state index in [4.69, 9.17) is 9.47 Å². The number of aromatic amines is 1. The van der Waals surface area contributed by atoms with E-state index in [0.29, 0.717) is 46.6 Å². The summed E-state index contributed by atoms with van der Waals surface area (Å²) < 4.78 is 12.8. The van der Waals surface area contributed by atoms with Crippen molar-refractivity contribution in [2.24, 2.45) is 0 Å². The predicted molar refractivity (Wildman–Crippen MR) is 122 cm³/mol. The Morgan fingerprint density at radius 1 is 1.22 bits per heavy atom. The quantitative estimate of drug-likeness (QED) is 0.456. The molecule has 0 unspecified atom stereocenters. The largest absolute Gasteiger partial charge is 0.493 e. The van der Waals surface area contributed by atoms with Crippen LogP contribution in [0.3, 0.4) is 0 Å². The molecule has 166 valence electrons. The smallest absolute Gasteiger partial charge is 0.325 e. The maximum absolute atomic E-state index is 13.2. The third-order valence-corrected chi connectivity index (χ3v) is 5.88. The fourth-order valence-electron chi connectivity index (χ4n) is 3.92. The van der Waals surface area contributed by atoms with Gasteiger partial charge in [-0.2, -0.15) is 0 Å². The van der Waals surface area contributed by atoms with Gasteiger partial charge >= 0.3 is 11.3 Å². The molecule has 0 spiro atoms. The van der Waals surface area contributed by atoms with Crippen LogP contribution in [0.4, 0.5) is 5.69 Å². The van der Waals surface area contributed by atoms with E-state index in [1.165, 1.54) is 11.8 Å². The lowest BCUT2D eigenvalue weighted by atomic mass is 10.0. The summed E-state index contributed by atoms with van der Waals surface area (Å²) in [6.07, 6.45) is 1.48. The van der Waals surface area contributed by atoms with Crippen LogP contribution >= 0.6 is 11.8 Å². The number of rotatable bonds is 6. The number of fused-ring (bicyclic) bond motifs is 3. The van der Waals surface area contributed by atoms with Gasteiger partial charge in [-0.25, -0.2) is 4.90 Å². The molecule has 0 saturated heterocycles. The number of hydrogen-bond donors (Lipinski definition) is 1. The number of carbonyl (C=O) groups is 1. The normalized spacial score (nSPS) is 14.5. The van der Waals surface area contributed by atoms with Gasteiger partial charge < -0.3 is 9.47 Å². The molecule has 4 rings (SSSR count). The van der Waals surface area contributed by atoms with Gasteiger partial charge in [0.05, 0.1) is 25.0 Å². The summed E-state index contributed by atoms with van der Waals surface area (Å²) in [7, 11) is 1.57. The van der Waals surface area contributed by atoms with Gasteiger partial charge in [0, 0.05) is 17.1 Å². The SMILES string of the molecule is CCOc1ccc([C@@H]2N(C(=O)CC)c3ccccc3-c3c(=O)[nH]c(SC)n[n+]32)cc1OC. The third kappa shape index (κ3) is 3.62. The zero-order valence-electron chi connectivity index (χ0n) is 18.4. The van der Waals surface area contributed by atoms with Gasteiger partial charge in [0.2, 0.25) is 11.1 Å². The molecule has 8 nitrogen and oxygen atoms in total. The second-order valence-corrected chi connectivity index (χ2v) is 7.90. The number of anilines is 1. The molecule has 0 aliphatic carbocycles. The molecule has 9 heteroatoms. The number of nitrogens with zero attached hydrogens (tertiary/aromatic N) is 3. The maximum Gasteiger partial charge on any atom is 0.325 e. The lowest BCUT2D eigenvalue weighted by molar-refractivity contribution is -0.763. The summed E-state index contributed by atoms with van der Waals surface area (Å²) in [6.45, 7) is 4.22. The van der Waals surface area contributed by atoms with E-state index in [0.717, 1.165) is 5.56 Å². The molecule has 1 atom stereocenters. The van der Waals surface area contributed by atoms with E-state index in [-0.39, 0.29) is 11.5 Å². The van der Waals surface area contributed by atoms with Gasteiger partial charge in [-0.15, -0.1) is 0 Å². The van der Waals surface area contributed by atoms with Crippen LogP contribution in [0.2, 0.25) is 0 Å². The monoisotopic (exact) mass is 453 g/mol. The van der Waals surface area contributed by atoms with Crippen molar-refractivity contribution >= 4 is 23.4 Å². The molecule has 1 aliphatic rings. The van der Waals surface area contributed by atoms with Gasteiger partial charge in [0.25, 0.3) is 6.17 Å². The molecule has 0 fully saturated rings. The Morgan fingerprint density at radius 3 is 2.69 bits per heavy atom. The van der Waals surface area contributed by atoms with E-state index < -0.39 is 6.17 Å². The van der Waals surface area contributed by atoms with Gasteiger partial charge in [-0.05, 0) is 48.2 Å². The highest BCUT2D eigenvalue weighted by Crippen LogP contribution is 2.39. The zero-order valence-corrected chi connectivity index (χ0v) is 19.2. The average molecular weight is 454 g/mol. The standard InChI is InChI=1S/C23H24N4O4S/c1-5-19(28)26-16-10-8-7-9-15(16)20-21(29)24-23(32-4)25-27(20)22(26)14-11-12-17(31-6-2)18(13-14)30-3/h7-13,22H,5-6H2,1-4H3/p+1/t22-/m1/s1. The van der Waals surface area contributed by atoms with Crippen LogP contribution in [-0.2, 0) is 4.79 Å². The Kier molecular flexibility index (Phi) is 6.18. The number of methoxy groups -OCH3 is 1. The molecule has 1 N–H and O–H groups in total. The number of para-hydroxylation sites is 1. The Balaban J connectivity index is 2.03. The van der Waals surface area contributed by atoms with Crippen LogP contribution in [0, 0.1) is 0 Å². The summed E-state index contributed by atoms with van der Waals surface area (Å²) in [5, 5.41) is 5.15. The van der Waals surface area contributed by atoms with Crippen LogP contribution in [0.15, 0.2) is 52.4 Å². The van der Waals surface area contributed by atoms with Gasteiger partial charge in [0.15, 0.2) is 11.5 Å². The van der Waals surface area contributed by atoms with Crippen molar-refractivity contribution in [1.82, 2.24) is 10.1 Å². The topological polar surface area (TPSA) is 88.4 Å². The van der Waals surface area contributed by atoms with E-state index in [9.17, 15) is 9.59 Å². The van der Waals surface area contributed by atoms with Crippen molar-refractivity contribution in [1.29, 1.82) is 0 Å². The van der Waals surface area contributed by atoms with E-state index in [2.05, 4.69) is 10.1 Å². The van der Waals surface area contributed by atoms with Crippen LogP contribution in [0.25, 0.3) is 11.3 Å². The Hall–Kier alpha value is -3.33. The number of H-pyrrole nitrogens is 1. The molecule has 1 aromatic heterocycles. The highest BCUT2D eigenvalue weighted by Gasteiger charge is 2.45. The minimum atomic E-state index is -0.662. The van der Waals surface area contributed by atoms with Crippen molar-refractivity contribution in [3.8, 4) is 22.8 Å². The summed E-state index contributed by atoms with van der Waals surface area (Å²) in [5.74, 6) is 1.07. The lowest BCUT2D eigenvalue weighted by Gasteiger charge is -2.32. The fraction of sp³-hybridized carbons (Fsp3) is 0.304. The first-order chi connectivity index (χ1) is 15.5. The van der Waals surface area contributed by atoms with Crippen molar-refractivity contribution < 1.29 is 19.0 Å². The van der Waals surface area contributed by atoms with Gasteiger partial charge in [0.1, 0.15) is 0 Å². The average Bonchev–Trinajstić information content (AvgIpc) is 2.82. The second-order valence-electron chi connectivity index (χ2n) is 7.11. The number of amides is 1. The lowest BCUT2D eigenvalue weighted by Crippen LogP contribution is -2.60. The molecule has 3 aromatic rings. The highest BCUT2D eigenvalue weighted by molar-refractivity contribution is 7.98. The van der Waals surface area contributed by atoms with E-state index in [1.807, 2.05) is 62.6 Å². The van der Waals surface area contributed by atoms with Crippen LogP contribution in [0.5, 0.6) is 11.5 Å². The molecular formula is C23H25N4O4S+. The first-order valence-corrected chi connectivity index (χ1v) is 11.6. The molecular weight excluding hydrogens is 428 g/mol. The molecule has 1 amide bonds. The van der Waals surface area contributed by atoms with Crippen molar-refractivity contribution in [3.05, 3.63) is 58.4 Å². The number of carbonyl (C=O) groups excluding carboxylic acids is 1. The van der Waals surface area contributed by atoms with Gasteiger partial charge in [-0.3, -0.25) is 14.6 Å². The Morgan fingerprint density at radius 2 is 2.00 bits per heavy atom. The molecule has 0 saturated carbocycles. The fourth-order valence-corrected chi connectivity index (χ4v) is 4.29. The van der Waals surface area contributed by atoms with Crippen molar-refractivity contribution in [2.75, 3.05) is 24.9 Å². The number of aromatic nitrogens is 3. The second kappa shape index (κ2) is 9.04. The summed E-state index contributed by atoms with van der Waals surface area (Å²) in [5.41, 5.74) is 2.21. The highest BCUT2D eigenvalue weighted by atomic mass is 32.2. The molecule has 0 radical (unpaired) electrons. The first-order valence-electron chi connectivity index (χ1n) is 10.4. The van der Waals surface area contributed by atoms with Crippen LogP contribution in [-0.4, -0.2) is 36.0 Å². The summed E-state index contributed by atoms with van der Waals surface area (Å²) in [6, 6.07) is 12.9. The molecule has 1 aliphatic heterocycles. The number of nitrogens with one attached hydrogen (secondary N) is 1. The molecule has 0 bridgehead atoms. The van der Waals surface area contributed by atoms with Crippen molar-refractivity contribution in [2.45, 2.75) is 31.6 Å². The number of thioether (sulfide) groups is 1. The number of hydrogen-bond acceptors (Lipinski definition) is 6. The minimum absolute atomic E-state index is 0.0822. The predicted octanol–water partition coefficient (Wildman–Crippen LogP) is 3.16. The number of benzene rings is 2. The van der Waals surface area contributed by atoms with Crippen molar-refractivity contribution in [3.63, 3.8) is 0 Å². The Bertz CT molecular complexity index is 1230. The van der Waals surface area contributed by atoms with Crippen LogP contribution < -0.4 is 24.6 Å². The first kappa shape index (κ1) is 21.9. The van der Waals surface area contributed by atoms with E-state index >= 15 is 0 Å². The maximum atomic E-state index is 13.2. The molecule has 2 aromatic carbocycles. The molecule has 32 heavy (non-hydrogen) atoms. The Labute approximate surface area is 190 Å².